The zero-order valence-electron chi connectivity index (χ0n) is 9.72. The lowest BCUT2D eigenvalue weighted by atomic mass is 10.2. The molecule has 0 heterocycles. The van der Waals surface area contributed by atoms with E-state index in [2.05, 4.69) is 24.8 Å². The zero-order valence-corrected chi connectivity index (χ0v) is 9.72. The Bertz CT molecular complexity index is 217. The summed E-state index contributed by atoms with van der Waals surface area (Å²) in [6.07, 6.45) is 14.1. The van der Waals surface area contributed by atoms with E-state index >= 15 is 0 Å². The van der Waals surface area contributed by atoms with E-state index in [0.717, 1.165) is 25.7 Å². The van der Waals surface area contributed by atoms with Crippen molar-refractivity contribution < 1.29 is 4.79 Å². The normalized spacial score (nSPS) is 9.93. The molecule has 0 bridgehead atoms. The largest absolute Gasteiger partial charge is 0.291 e. The van der Waals surface area contributed by atoms with Gasteiger partial charge in [-0.3, -0.25) is 4.79 Å². The lowest BCUT2D eigenvalue weighted by Gasteiger charge is -1.88. The maximum Gasteiger partial charge on any atom is 0.198 e. The summed E-state index contributed by atoms with van der Waals surface area (Å²) in [4.78, 5) is 9.88. The molecule has 0 saturated carbocycles. The van der Waals surface area contributed by atoms with Crippen LogP contribution in [0, 0.1) is 11.8 Å². The van der Waals surface area contributed by atoms with Gasteiger partial charge in [0.2, 0.25) is 0 Å². The second-order valence-electron chi connectivity index (χ2n) is 3.50. The number of carbonyl (C=O) groups excluding carboxylic acids is 1. The summed E-state index contributed by atoms with van der Waals surface area (Å²) < 4.78 is 0. The molecule has 0 aliphatic rings. The summed E-state index contributed by atoms with van der Waals surface area (Å²) in [6, 6.07) is 0. The molecule has 0 fully saturated rings. The molecule has 1 radical (unpaired) electrons. The Kier molecular flexibility index (Phi) is 12.1. The SMILES string of the molecule is CCCCCC#CCCC=CCC[C]=O. The first-order valence-electron chi connectivity index (χ1n) is 5.87. The van der Waals surface area contributed by atoms with Gasteiger partial charge in [-0.25, -0.2) is 0 Å². The molecule has 15 heavy (non-hydrogen) atoms. The minimum Gasteiger partial charge on any atom is -0.291 e. The van der Waals surface area contributed by atoms with Crippen molar-refractivity contribution in [3.05, 3.63) is 12.2 Å². The third kappa shape index (κ3) is 13.0. The first-order valence-corrected chi connectivity index (χ1v) is 5.87. The van der Waals surface area contributed by atoms with Gasteiger partial charge in [0, 0.05) is 19.3 Å². The van der Waals surface area contributed by atoms with Gasteiger partial charge in [0.1, 0.15) is 0 Å². The van der Waals surface area contributed by atoms with Gasteiger partial charge in [0.05, 0.1) is 0 Å². The fraction of sp³-hybridized carbons (Fsp3) is 0.643. The number of unbranched alkanes of at least 4 members (excludes halogenated alkanes) is 5. The first-order chi connectivity index (χ1) is 7.41. The first kappa shape index (κ1) is 14.0. The van der Waals surface area contributed by atoms with Gasteiger partial charge in [-0.15, -0.1) is 11.8 Å². The maximum absolute atomic E-state index is 9.88. The molecule has 0 rings (SSSR count). The van der Waals surface area contributed by atoms with Crippen LogP contribution in [0.15, 0.2) is 12.2 Å². The van der Waals surface area contributed by atoms with Crippen LogP contribution in [0.25, 0.3) is 0 Å². The second-order valence-corrected chi connectivity index (χ2v) is 3.50. The molecule has 0 amide bonds. The molecular formula is C14H21O. The fourth-order valence-electron chi connectivity index (χ4n) is 1.17. The molecule has 1 nitrogen and oxygen atoms in total. The molecule has 0 N–H and O–H groups in total. The predicted molar refractivity (Wildman–Crippen MR) is 65.2 cm³/mol. The summed E-state index contributed by atoms with van der Waals surface area (Å²) in [7, 11) is 0. The van der Waals surface area contributed by atoms with Crippen molar-refractivity contribution in [2.24, 2.45) is 0 Å². The summed E-state index contributed by atoms with van der Waals surface area (Å²) >= 11 is 0. The highest BCUT2D eigenvalue weighted by molar-refractivity contribution is 5.50. The number of hydrogen-bond acceptors (Lipinski definition) is 1. The average Bonchev–Trinajstić information content (AvgIpc) is 2.26. The Morgan fingerprint density at radius 3 is 2.27 bits per heavy atom. The van der Waals surface area contributed by atoms with Crippen molar-refractivity contribution in [1.82, 2.24) is 0 Å². The summed E-state index contributed by atoms with van der Waals surface area (Å²) in [6.45, 7) is 2.20. The van der Waals surface area contributed by atoms with E-state index < -0.39 is 0 Å². The van der Waals surface area contributed by atoms with Crippen LogP contribution < -0.4 is 0 Å². The highest BCUT2D eigenvalue weighted by Gasteiger charge is 1.81. The molecule has 83 valence electrons. The average molecular weight is 205 g/mol. The van der Waals surface area contributed by atoms with Crippen LogP contribution in [0.4, 0.5) is 0 Å². The van der Waals surface area contributed by atoms with E-state index in [1.807, 2.05) is 12.4 Å². The topological polar surface area (TPSA) is 17.1 Å². The highest BCUT2D eigenvalue weighted by Crippen LogP contribution is 1.97. The summed E-state index contributed by atoms with van der Waals surface area (Å²) in [5.41, 5.74) is 0. The van der Waals surface area contributed by atoms with Crippen LogP contribution in [-0.2, 0) is 4.79 Å². The van der Waals surface area contributed by atoms with E-state index in [-0.39, 0.29) is 0 Å². The molecule has 0 aromatic rings. The molecule has 0 atom stereocenters. The van der Waals surface area contributed by atoms with Crippen molar-refractivity contribution in [2.45, 2.75) is 58.3 Å². The van der Waals surface area contributed by atoms with Crippen molar-refractivity contribution in [3.8, 4) is 11.8 Å². The Morgan fingerprint density at radius 1 is 0.933 bits per heavy atom. The van der Waals surface area contributed by atoms with Crippen LogP contribution in [0.3, 0.4) is 0 Å². The minimum atomic E-state index is 0.513. The van der Waals surface area contributed by atoms with Crippen LogP contribution in [0.2, 0.25) is 0 Å². The number of rotatable bonds is 8. The lowest BCUT2D eigenvalue weighted by Crippen LogP contribution is -1.72. The monoisotopic (exact) mass is 205 g/mol. The van der Waals surface area contributed by atoms with Gasteiger partial charge >= 0.3 is 0 Å². The molecule has 0 aliphatic heterocycles. The molecule has 0 aromatic carbocycles. The van der Waals surface area contributed by atoms with Crippen molar-refractivity contribution in [1.29, 1.82) is 0 Å². The second kappa shape index (κ2) is 13.0. The predicted octanol–water partition coefficient (Wildman–Crippen LogP) is 3.80. The zero-order chi connectivity index (χ0) is 11.2. The van der Waals surface area contributed by atoms with Crippen LogP contribution in [0.1, 0.15) is 58.3 Å². The molecule has 0 aromatic heterocycles. The quantitative estimate of drug-likeness (QED) is 0.335. The van der Waals surface area contributed by atoms with Gasteiger partial charge in [0.15, 0.2) is 6.29 Å². The van der Waals surface area contributed by atoms with Gasteiger partial charge in [-0.2, -0.15) is 0 Å². The van der Waals surface area contributed by atoms with Crippen molar-refractivity contribution in [2.75, 3.05) is 0 Å². The smallest absolute Gasteiger partial charge is 0.198 e. The van der Waals surface area contributed by atoms with E-state index in [4.69, 9.17) is 0 Å². The van der Waals surface area contributed by atoms with Gasteiger partial charge < -0.3 is 0 Å². The van der Waals surface area contributed by atoms with E-state index in [0.29, 0.717) is 6.42 Å². The Balaban J connectivity index is 3.21. The highest BCUT2D eigenvalue weighted by atomic mass is 16.1. The van der Waals surface area contributed by atoms with E-state index in [1.54, 1.807) is 0 Å². The molecule has 0 unspecified atom stereocenters. The molecule has 0 spiro atoms. The molecule has 0 saturated heterocycles. The third-order valence-corrected chi connectivity index (χ3v) is 2.05. The maximum atomic E-state index is 9.88. The summed E-state index contributed by atoms with van der Waals surface area (Å²) in [5, 5.41) is 0. The minimum absolute atomic E-state index is 0.513. The number of allylic oxidation sites excluding steroid dienone is 2. The van der Waals surface area contributed by atoms with Gasteiger partial charge in [-0.1, -0.05) is 31.9 Å². The molecule has 0 aliphatic carbocycles. The Labute approximate surface area is 94.0 Å². The standard InChI is InChI=1S/C14H21O/c1-2-3-4-5-6-7-8-9-10-11-12-13-14-15/h10-11H,2-5,8-9,12-13H2,1H3. The van der Waals surface area contributed by atoms with Gasteiger partial charge in [-0.05, 0) is 19.3 Å². The van der Waals surface area contributed by atoms with Crippen LogP contribution in [-0.4, -0.2) is 6.29 Å². The molecular weight excluding hydrogens is 184 g/mol. The number of hydrogen-bond donors (Lipinski definition) is 0. The summed E-state index contributed by atoms with van der Waals surface area (Å²) in [5.74, 6) is 6.33. The Morgan fingerprint density at radius 2 is 1.60 bits per heavy atom. The van der Waals surface area contributed by atoms with Crippen LogP contribution >= 0.6 is 0 Å². The lowest BCUT2D eigenvalue weighted by molar-refractivity contribution is 0.552. The van der Waals surface area contributed by atoms with E-state index in [9.17, 15) is 4.79 Å². The third-order valence-electron chi connectivity index (χ3n) is 2.05. The van der Waals surface area contributed by atoms with Crippen LogP contribution in [0.5, 0.6) is 0 Å². The fourth-order valence-corrected chi connectivity index (χ4v) is 1.17. The van der Waals surface area contributed by atoms with E-state index in [1.165, 1.54) is 19.3 Å². The Hall–Kier alpha value is -1.03. The van der Waals surface area contributed by atoms with Crippen molar-refractivity contribution >= 4 is 6.29 Å². The van der Waals surface area contributed by atoms with Gasteiger partial charge in [0.25, 0.3) is 0 Å². The van der Waals surface area contributed by atoms with Crippen molar-refractivity contribution in [3.63, 3.8) is 0 Å². The molecule has 1 heteroatoms.